The summed E-state index contributed by atoms with van der Waals surface area (Å²) in [5, 5.41) is 0.743. The lowest BCUT2D eigenvalue weighted by Crippen LogP contribution is -2.47. The predicted octanol–water partition coefficient (Wildman–Crippen LogP) is 3.21. The van der Waals surface area contributed by atoms with Crippen LogP contribution in [-0.2, 0) is 9.47 Å². The van der Waals surface area contributed by atoms with Crippen LogP contribution in [0.25, 0.3) is 0 Å². The van der Waals surface area contributed by atoms with E-state index in [1.807, 2.05) is 47.4 Å². The molecule has 4 rings (SSSR count). The molecule has 0 bridgehead atoms. The zero-order chi connectivity index (χ0) is 17.1. The van der Waals surface area contributed by atoms with Crippen LogP contribution >= 0.6 is 11.8 Å². The van der Waals surface area contributed by atoms with Crippen molar-refractivity contribution in [3.63, 3.8) is 0 Å². The lowest BCUT2D eigenvalue weighted by atomic mass is 10.0. The number of hydrogen-bond acceptors (Lipinski definition) is 5. The number of rotatable bonds is 3. The average molecular weight is 356 g/mol. The minimum atomic E-state index is -0.465. The Balaban J connectivity index is 1.49. The molecular weight excluding hydrogens is 336 g/mol. The lowest BCUT2D eigenvalue weighted by molar-refractivity contribution is -0.181. The number of benzene rings is 1. The van der Waals surface area contributed by atoms with Crippen molar-refractivity contribution in [1.29, 1.82) is 0 Å². The molecule has 2 fully saturated rings. The molecule has 0 N–H and O–H groups in total. The summed E-state index contributed by atoms with van der Waals surface area (Å²) in [6.07, 6.45) is 3.17. The van der Waals surface area contributed by atoms with E-state index in [1.165, 1.54) is 11.8 Å². The second kappa shape index (κ2) is 7.15. The number of hydrogen-bond donors (Lipinski definition) is 0. The number of piperidine rings is 1. The molecule has 2 aliphatic rings. The molecule has 2 aromatic rings. The van der Waals surface area contributed by atoms with Crippen LogP contribution in [0.4, 0.5) is 0 Å². The van der Waals surface area contributed by atoms with E-state index >= 15 is 0 Å². The summed E-state index contributed by atoms with van der Waals surface area (Å²) in [4.78, 5) is 20.4. The summed E-state index contributed by atoms with van der Waals surface area (Å²) in [7, 11) is 0. The van der Waals surface area contributed by atoms with Crippen molar-refractivity contribution in [2.24, 2.45) is 0 Å². The van der Waals surface area contributed by atoms with Crippen molar-refractivity contribution in [2.45, 2.75) is 28.6 Å². The second-order valence-corrected chi connectivity index (χ2v) is 7.23. The first-order chi connectivity index (χ1) is 12.3. The normalized spacial score (nSPS) is 19.3. The Morgan fingerprint density at radius 1 is 1.04 bits per heavy atom. The maximum atomic E-state index is 13.0. The highest BCUT2D eigenvalue weighted by molar-refractivity contribution is 7.99. The molecule has 5 nitrogen and oxygen atoms in total. The molecule has 1 aromatic carbocycles. The van der Waals surface area contributed by atoms with Gasteiger partial charge in [0.15, 0.2) is 5.79 Å². The van der Waals surface area contributed by atoms with E-state index in [4.69, 9.17) is 9.47 Å². The molecule has 6 heteroatoms. The molecular formula is C19H20N2O3S. The van der Waals surface area contributed by atoms with Crippen molar-refractivity contribution >= 4 is 17.7 Å². The van der Waals surface area contributed by atoms with Gasteiger partial charge in [-0.15, -0.1) is 0 Å². The fourth-order valence-corrected chi connectivity index (χ4v) is 4.14. The maximum Gasteiger partial charge on any atom is 0.256 e. The third-order valence-electron chi connectivity index (χ3n) is 4.59. The quantitative estimate of drug-likeness (QED) is 0.845. The van der Waals surface area contributed by atoms with E-state index in [1.54, 1.807) is 6.20 Å². The van der Waals surface area contributed by atoms with Gasteiger partial charge in [0, 0.05) is 37.0 Å². The van der Waals surface area contributed by atoms with Crippen LogP contribution in [0.2, 0.25) is 0 Å². The Morgan fingerprint density at radius 3 is 2.48 bits per heavy atom. The minimum absolute atomic E-state index is 0.0272. The molecule has 3 heterocycles. The highest BCUT2D eigenvalue weighted by Crippen LogP contribution is 2.33. The summed E-state index contributed by atoms with van der Waals surface area (Å²) < 4.78 is 11.5. The standard InChI is InChI=1S/C19H20N2O3S/c22-18(21-11-8-19(9-12-21)23-13-14-24-19)16-7-4-10-20-17(16)25-15-5-2-1-3-6-15/h1-7,10H,8-9,11-14H2. The molecule has 0 radical (unpaired) electrons. The van der Waals surface area contributed by atoms with E-state index in [0.717, 1.165) is 22.8 Å². The summed E-state index contributed by atoms with van der Waals surface area (Å²) in [6, 6.07) is 13.7. The predicted molar refractivity (Wildman–Crippen MR) is 94.6 cm³/mol. The number of carbonyl (C=O) groups is 1. The Morgan fingerprint density at radius 2 is 1.76 bits per heavy atom. The zero-order valence-corrected chi connectivity index (χ0v) is 14.7. The molecule has 0 saturated carbocycles. The first kappa shape index (κ1) is 16.6. The number of nitrogens with zero attached hydrogens (tertiary/aromatic N) is 2. The van der Waals surface area contributed by atoms with E-state index in [2.05, 4.69) is 4.98 Å². The third kappa shape index (κ3) is 3.56. The number of likely N-dealkylation sites (tertiary alicyclic amines) is 1. The van der Waals surface area contributed by atoms with E-state index < -0.39 is 5.79 Å². The van der Waals surface area contributed by atoms with Crippen LogP contribution in [0.5, 0.6) is 0 Å². The highest BCUT2D eigenvalue weighted by Gasteiger charge is 2.41. The van der Waals surface area contributed by atoms with Gasteiger partial charge in [-0.3, -0.25) is 4.79 Å². The maximum absolute atomic E-state index is 13.0. The molecule has 1 amide bonds. The summed E-state index contributed by atoms with van der Waals surface area (Å²) in [5.41, 5.74) is 0.653. The number of carbonyl (C=O) groups excluding carboxylic acids is 1. The number of amides is 1. The van der Waals surface area contributed by atoms with Gasteiger partial charge in [-0.2, -0.15) is 0 Å². The topological polar surface area (TPSA) is 51.7 Å². The Bertz CT molecular complexity index is 737. The first-order valence-corrected chi connectivity index (χ1v) is 9.33. The van der Waals surface area contributed by atoms with Crippen molar-refractivity contribution in [2.75, 3.05) is 26.3 Å². The van der Waals surface area contributed by atoms with Crippen molar-refractivity contribution in [1.82, 2.24) is 9.88 Å². The fraction of sp³-hybridized carbons (Fsp3) is 0.368. The molecule has 0 atom stereocenters. The number of pyridine rings is 1. The Hall–Kier alpha value is -1.89. The number of aromatic nitrogens is 1. The van der Waals surface area contributed by atoms with Crippen molar-refractivity contribution < 1.29 is 14.3 Å². The molecule has 25 heavy (non-hydrogen) atoms. The van der Waals surface area contributed by atoms with E-state index in [-0.39, 0.29) is 5.91 Å². The summed E-state index contributed by atoms with van der Waals surface area (Å²) in [6.45, 7) is 2.58. The van der Waals surface area contributed by atoms with Crippen molar-refractivity contribution in [3.05, 3.63) is 54.2 Å². The SMILES string of the molecule is O=C(c1cccnc1Sc1ccccc1)N1CCC2(CC1)OCCO2. The van der Waals surface area contributed by atoms with Gasteiger partial charge in [-0.25, -0.2) is 4.98 Å². The van der Waals surface area contributed by atoms with Gasteiger partial charge < -0.3 is 14.4 Å². The second-order valence-electron chi connectivity index (χ2n) is 6.17. The van der Waals surface area contributed by atoms with Gasteiger partial charge in [0.1, 0.15) is 5.03 Å². The average Bonchev–Trinajstić information content (AvgIpc) is 3.11. The van der Waals surface area contributed by atoms with Crippen molar-refractivity contribution in [3.8, 4) is 0 Å². The molecule has 1 spiro atoms. The van der Waals surface area contributed by atoms with Gasteiger partial charge in [0.25, 0.3) is 5.91 Å². The van der Waals surface area contributed by atoms with Gasteiger partial charge >= 0.3 is 0 Å². The minimum Gasteiger partial charge on any atom is -0.347 e. The van der Waals surface area contributed by atoms with Crippen LogP contribution in [0.15, 0.2) is 58.6 Å². The number of ether oxygens (including phenoxy) is 2. The fourth-order valence-electron chi connectivity index (χ4n) is 3.24. The summed E-state index contributed by atoms with van der Waals surface area (Å²) >= 11 is 1.52. The van der Waals surface area contributed by atoms with Crippen LogP contribution in [0, 0.1) is 0 Å². The lowest BCUT2D eigenvalue weighted by Gasteiger charge is -2.37. The monoisotopic (exact) mass is 356 g/mol. The van der Waals surface area contributed by atoms with Crippen LogP contribution in [0.1, 0.15) is 23.2 Å². The molecule has 130 valence electrons. The largest absolute Gasteiger partial charge is 0.347 e. The van der Waals surface area contributed by atoms with Gasteiger partial charge in [0.2, 0.25) is 0 Å². The van der Waals surface area contributed by atoms with E-state index in [9.17, 15) is 4.79 Å². The highest BCUT2D eigenvalue weighted by atomic mass is 32.2. The molecule has 2 saturated heterocycles. The van der Waals surface area contributed by atoms with Crippen LogP contribution in [-0.4, -0.2) is 47.9 Å². The molecule has 0 unspecified atom stereocenters. The third-order valence-corrected chi connectivity index (χ3v) is 5.61. The Kier molecular flexibility index (Phi) is 4.74. The summed E-state index contributed by atoms with van der Waals surface area (Å²) in [5.74, 6) is -0.438. The Labute approximate surface area is 151 Å². The van der Waals surface area contributed by atoms with Gasteiger partial charge in [-0.05, 0) is 24.3 Å². The molecule has 2 aliphatic heterocycles. The smallest absolute Gasteiger partial charge is 0.256 e. The molecule has 1 aromatic heterocycles. The van der Waals surface area contributed by atoms with Crippen LogP contribution in [0.3, 0.4) is 0 Å². The first-order valence-electron chi connectivity index (χ1n) is 8.51. The zero-order valence-electron chi connectivity index (χ0n) is 13.9. The van der Waals surface area contributed by atoms with Gasteiger partial charge in [0.05, 0.1) is 18.8 Å². The molecule has 0 aliphatic carbocycles. The van der Waals surface area contributed by atoms with E-state index in [0.29, 0.717) is 31.9 Å². The van der Waals surface area contributed by atoms with Crippen LogP contribution < -0.4 is 0 Å². The van der Waals surface area contributed by atoms with Gasteiger partial charge in [-0.1, -0.05) is 30.0 Å².